The minimum Gasteiger partial charge on any atom is -0.370 e. The van der Waals surface area contributed by atoms with Crippen LogP contribution in [0.15, 0.2) is 6.07 Å². The van der Waals surface area contributed by atoms with Crippen LogP contribution in [-0.4, -0.2) is 22.3 Å². The van der Waals surface area contributed by atoms with Crippen molar-refractivity contribution < 1.29 is 0 Å². The average Bonchev–Trinajstić information content (AvgIpc) is 2.28. The van der Waals surface area contributed by atoms with E-state index < -0.39 is 0 Å². The van der Waals surface area contributed by atoms with Crippen LogP contribution >= 0.6 is 11.8 Å². The molecule has 0 aromatic carbocycles. The van der Waals surface area contributed by atoms with Crippen LogP contribution in [0.25, 0.3) is 0 Å². The summed E-state index contributed by atoms with van der Waals surface area (Å²) < 4.78 is 0. The van der Waals surface area contributed by atoms with Crippen LogP contribution in [-0.2, 0) is 5.75 Å². The third-order valence-corrected chi connectivity index (χ3v) is 3.79. The molecule has 102 valence electrons. The zero-order valence-electron chi connectivity index (χ0n) is 12.2. The minimum atomic E-state index is 0.444. The molecule has 0 aliphatic rings. The molecule has 1 N–H and O–H groups in total. The van der Waals surface area contributed by atoms with Crippen LogP contribution in [0.1, 0.15) is 52.1 Å². The van der Waals surface area contributed by atoms with Gasteiger partial charge >= 0.3 is 0 Å². The highest BCUT2D eigenvalue weighted by molar-refractivity contribution is 7.98. The van der Waals surface area contributed by atoms with E-state index in [4.69, 9.17) is 0 Å². The Morgan fingerprint density at radius 2 is 1.94 bits per heavy atom. The summed E-state index contributed by atoms with van der Waals surface area (Å²) in [6.45, 7) is 11.8. The number of hydrogen-bond acceptors (Lipinski definition) is 4. The molecule has 0 aliphatic heterocycles. The van der Waals surface area contributed by atoms with Gasteiger partial charge in [-0.05, 0) is 24.5 Å². The number of nitrogens with zero attached hydrogens (tertiary/aromatic N) is 2. The van der Waals surface area contributed by atoms with E-state index in [1.54, 1.807) is 0 Å². The summed E-state index contributed by atoms with van der Waals surface area (Å²) in [5.41, 5.74) is 1.13. The lowest BCUT2D eigenvalue weighted by Crippen LogP contribution is -2.07. The van der Waals surface area contributed by atoms with Gasteiger partial charge in [0, 0.05) is 18.3 Å². The van der Waals surface area contributed by atoms with E-state index in [9.17, 15) is 0 Å². The summed E-state index contributed by atoms with van der Waals surface area (Å²) in [5.74, 6) is 5.12. The van der Waals surface area contributed by atoms with Gasteiger partial charge in [-0.2, -0.15) is 11.8 Å². The topological polar surface area (TPSA) is 37.8 Å². The van der Waals surface area contributed by atoms with Gasteiger partial charge in [-0.25, -0.2) is 9.97 Å². The lowest BCUT2D eigenvalue weighted by atomic mass is 10.1. The molecule has 18 heavy (non-hydrogen) atoms. The highest BCUT2D eigenvalue weighted by Gasteiger charge is 2.08. The molecule has 1 aromatic rings. The van der Waals surface area contributed by atoms with Crippen molar-refractivity contribution in [2.75, 3.05) is 17.6 Å². The van der Waals surface area contributed by atoms with Crippen molar-refractivity contribution in [2.24, 2.45) is 5.92 Å². The molecule has 1 aromatic heterocycles. The SMILES string of the molecule is CCNc1cc(C(C)C)nc(CSCC(C)C)n1. The van der Waals surface area contributed by atoms with Gasteiger partial charge in [-0.15, -0.1) is 0 Å². The van der Waals surface area contributed by atoms with Crippen molar-refractivity contribution in [3.63, 3.8) is 0 Å². The molecule has 4 heteroatoms. The Kier molecular flexibility index (Phi) is 6.47. The number of anilines is 1. The van der Waals surface area contributed by atoms with E-state index in [0.717, 1.165) is 41.3 Å². The zero-order chi connectivity index (χ0) is 13.5. The first-order chi connectivity index (χ1) is 8.52. The van der Waals surface area contributed by atoms with E-state index >= 15 is 0 Å². The fourth-order valence-corrected chi connectivity index (χ4v) is 2.44. The smallest absolute Gasteiger partial charge is 0.140 e. The first-order valence-corrected chi connectivity index (χ1v) is 7.87. The molecular formula is C14H25N3S. The predicted molar refractivity (Wildman–Crippen MR) is 81.3 cm³/mol. The van der Waals surface area contributed by atoms with Crippen molar-refractivity contribution in [3.8, 4) is 0 Å². The Morgan fingerprint density at radius 3 is 2.50 bits per heavy atom. The maximum atomic E-state index is 4.64. The van der Waals surface area contributed by atoms with Crippen LogP contribution in [0.5, 0.6) is 0 Å². The summed E-state index contributed by atoms with van der Waals surface area (Å²) >= 11 is 1.91. The Balaban J connectivity index is 2.75. The number of hydrogen-bond donors (Lipinski definition) is 1. The summed E-state index contributed by atoms with van der Waals surface area (Å²) in [6.07, 6.45) is 0. The zero-order valence-corrected chi connectivity index (χ0v) is 13.0. The second kappa shape index (κ2) is 7.62. The third kappa shape index (κ3) is 5.25. The molecule has 0 atom stereocenters. The van der Waals surface area contributed by atoms with Crippen molar-refractivity contribution in [2.45, 2.75) is 46.3 Å². The van der Waals surface area contributed by atoms with Gasteiger partial charge in [0.25, 0.3) is 0 Å². The Labute approximate surface area is 115 Å². The molecule has 0 unspecified atom stereocenters. The van der Waals surface area contributed by atoms with Gasteiger partial charge in [-0.1, -0.05) is 27.7 Å². The molecule has 0 spiro atoms. The summed E-state index contributed by atoms with van der Waals surface area (Å²) in [7, 11) is 0. The quantitative estimate of drug-likeness (QED) is 0.812. The molecule has 0 radical (unpaired) electrons. The molecular weight excluding hydrogens is 242 g/mol. The van der Waals surface area contributed by atoms with Crippen molar-refractivity contribution in [1.82, 2.24) is 9.97 Å². The van der Waals surface area contributed by atoms with Gasteiger partial charge in [0.1, 0.15) is 11.6 Å². The van der Waals surface area contributed by atoms with Crippen LogP contribution in [0.3, 0.4) is 0 Å². The van der Waals surface area contributed by atoms with Crippen LogP contribution < -0.4 is 5.32 Å². The molecule has 1 rings (SSSR count). The fraction of sp³-hybridized carbons (Fsp3) is 0.714. The lowest BCUT2D eigenvalue weighted by molar-refractivity contribution is 0.749. The molecule has 0 saturated carbocycles. The van der Waals surface area contributed by atoms with Crippen LogP contribution in [0.4, 0.5) is 5.82 Å². The Hall–Kier alpha value is -0.770. The van der Waals surface area contributed by atoms with Gasteiger partial charge < -0.3 is 5.32 Å². The van der Waals surface area contributed by atoms with Crippen molar-refractivity contribution >= 4 is 17.6 Å². The highest BCUT2D eigenvalue weighted by atomic mass is 32.2. The summed E-state index contributed by atoms with van der Waals surface area (Å²) in [4.78, 5) is 9.20. The van der Waals surface area contributed by atoms with Crippen LogP contribution in [0.2, 0.25) is 0 Å². The normalized spacial score (nSPS) is 11.3. The summed E-state index contributed by atoms with van der Waals surface area (Å²) in [5, 5.41) is 3.28. The molecule has 0 aliphatic carbocycles. The molecule has 0 bridgehead atoms. The fourth-order valence-electron chi connectivity index (χ4n) is 1.54. The maximum Gasteiger partial charge on any atom is 0.140 e. The third-order valence-electron chi connectivity index (χ3n) is 2.42. The number of nitrogens with one attached hydrogen (secondary N) is 1. The Morgan fingerprint density at radius 1 is 1.22 bits per heavy atom. The number of aromatic nitrogens is 2. The standard InChI is InChI=1S/C14H25N3S/c1-6-15-13-7-12(11(4)5)16-14(17-13)9-18-8-10(2)3/h7,10-11H,6,8-9H2,1-5H3,(H,15,16,17). The first-order valence-electron chi connectivity index (χ1n) is 6.72. The predicted octanol–water partition coefficient (Wildman–Crippen LogP) is 3.92. The van der Waals surface area contributed by atoms with E-state index in [1.165, 1.54) is 0 Å². The molecule has 0 fully saturated rings. The molecule has 3 nitrogen and oxygen atoms in total. The van der Waals surface area contributed by atoms with Crippen LogP contribution in [0, 0.1) is 5.92 Å². The van der Waals surface area contributed by atoms with E-state index in [0.29, 0.717) is 5.92 Å². The second-order valence-corrected chi connectivity index (χ2v) is 6.22. The monoisotopic (exact) mass is 267 g/mol. The largest absolute Gasteiger partial charge is 0.370 e. The van der Waals surface area contributed by atoms with E-state index in [-0.39, 0.29) is 0 Å². The molecule has 0 amide bonds. The van der Waals surface area contributed by atoms with E-state index in [1.807, 2.05) is 11.8 Å². The number of rotatable bonds is 7. The highest BCUT2D eigenvalue weighted by Crippen LogP contribution is 2.19. The van der Waals surface area contributed by atoms with E-state index in [2.05, 4.69) is 56.0 Å². The van der Waals surface area contributed by atoms with Gasteiger partial charge in [0.05, 0.1) is 5.75 Å². The van der Waals surface area contributed by atoms with Gasteiger partial charge in [-0.3, -0.25) is 0 Å². The molecule has 0 saturated heterocycles. The van der Waals surface area contributed by atoms with Crippen molar-refractivity contribution in [3.05, 3.63) is 17.6 Å². The first kappa shape index (κ1) is 15.3. The summed E-state index contributed by atoms with van der Waals surface area (Å²) in [6, 6.07) is 2.06. The van der Waals surface area contributed by atoms with Gasteiger partial charge in [0.2, 0.25) is 0 Å². The molecule has 1 heterocycles. The number of thioether (sulfide) groups is 1. The second-order valence-electron chi connectivity index (χ2n) is 5.19. The minimum absolute atomic E-state index is 0.444. The van der Waals surface area contributed by atoms with Gasteiger partial charge in [0.15, 0.2) is 0 Å². The lowest BCUT2D eigenvalue weighted by Gasteiger charge is -2.11. The Bertz CT molecular complexity index is 364. The average molecular weight is 267 g/mol. The van der Waals surface area contributed by atoms with Crippen molar-refractivity contribution in [1.29, 1.82) is 0 Å². The maximum absolute atomic E-state index is 4.64.